The number of benzene rings is 1. The molecule has 29 heavy (non-hydrogen) atoms. The third kappa shape index (κ3) is 4.57. The van der Waals surface area contributed by atoms with Gasteiger partial charge in [-0.15, -0.1) is 16.4 Å². The topological polar surface area (TPSA) is 106 Å². The molecule has 1 N–H and O–H groups in total. The highest BCUT2D eigenvalue weighted by atomic mass is 32.2. The zero-order valence-corrected chi connectivity index (χ0v) is 18.2. The van der Waals surface area contributed by atoms with Gasteiger partial charge in [0.1, 0.15) is 11.0 Å². The monoisotopic (exact) mass is 437 g/mol. The second-order valence-electron chi connectivity index (χ2n) is 6.98. The van der Waals surface area contributed by atoms with E-state index in [1.165, 1.54) is 26.2 Å². The van der Waals surface area contributed by atoms with Crippen LogP contribution in [0.2, 0.25) is 0 Å². The van der Waals surface area contributed by atoms with Gasteiger partial charge in [0, 0.05) is 19.0 Å². The zero-order chi connectivity index (χ0) is 21.2. The Morgan fingerprint density at radius 3 is 2.69 bits per heavy atom. The average Bonchev–Trinajstić information content (AvgIpc) is 3.33. The summed E-state index contributed by atoms with van der Waals surface area (Å²) < 4.78 is 25.8. The molecule has 0 fully saturated rings. The van der Waals surface area contributed by atoms with E-state index in [2.05, 4.69) is 15.6 Å². The molecule has 0 saturated heterocycles. The van der Waals surface area contributed by atoms with E-state index in [1.54, 1.807) is 17.4 Å². The number of carbonyl (C=O) groups excluding carboxylic acids is 1. The SMILES string of the molecule is CC(C)C(NC(=O)COn1nnc2ccc(S(=O)(=O)N(C)C)cc21)c1cccs1. The summed E-state index contributed by atoms with van der Waals surface area (Å²) in [7, 11) is -0.708. The molecule has 1 unspecified atom stereocenters. The van der Waals surface area contributed by atoms with Crippen LogP contribution < -0.4 is 10.2 Å². The zero-order valence-electron chi connectivity index (χ0n) is 16.6. The molecule has 0 saturated carbocycles. The summed E-state index contributed by atoms with van der Waals surface area (Å²) in [5, 5.41) is 12.7. The maximum atomic E-state index is 12.4. The number of hydrogen-bond acceptors (Lipinski definition) is 7. The summed E-state index contributed by atoms with van der Waals surface area (Å²) in [6, 6.07) is 8.23. The lowest BCUT2D eigenvalue weighted by molar-refractivity contribution is -0.127. The number of nitrogens with zero attached hydrogens (tertiary/aromatic N) is 4. The van der Waals surface area contributed by atoms with Crippen LogP contribution in [0.3, 0.4) is 0 Å². The minimum absolute atomic E-state index is 0.0872. The van der Waals surface area contributed by atoms with Crippen molar-refractivity contribution in [3.63, 3.8) is 0 Å². The number of carbonyl (C=O) groups is 1. The van der Waals surface area contributed by atoms with Gasteiger partial charge in [-0.3, -0.25) is 4.79 Å². The third-order valence-corrected chi connectivity index (χ3v) is 7.08. The van der Waals surface area contributed by atoms with Crippen LogP contribution in [0.4, 0.5) is 0 Å². The normalized spacial score (nSPS) is 13.2. The predicted octanol–water partition coefficient (Wildman–Crippen LogP) is 1.69. The van der Waals surface area contributed by atoms with Gasteiger partial charge in [-0.05, 0) is 40.8 Å². The molecule has 2 heterocycles. The molecule has 2 aromatic heterocycles. The Bertz CT molecular complexity index is 1090. The fraction of sp³-hybridized carbons (Fsp3) is 0.389. The van der Waals surface area contributed by atoms with Crippen LogP contribution in [0.15, 0.2) is 40.6 Å². The number of aromatic nitrogens is 3. The first kappa shape index (κ1) is 21.2. The van der Waals surface area contributed by atoms with E-state index in [1.807, 2.05) is 31.4 Å². The second-order valence-corrected chi connectivity index (χ2v) is 10.1. The Morgan fingerprint density at radius 2 is 2.07 bits per heavy atom. The van der Waals surface area contributed by atoms with E-state index >= 15 is 0 Å². The highest BCUT2D eigenvalue weighted by molar-refractivity contribution is 7.89. The molecule has 3 rings (SSSR count). The quantitative estimate of drug-likeness (QED) is 0.575. The molecule has 0 spiro atoms. The number of amides is 1. The van der Waals surface area contributed by atoms with Crippen molar-refractivity contribution in [2.45, 2.75) is 24.8 Å². The van der Waals surface area contributed by atoms with Gasteiger partial charge in [0.2, 0.25) is 10.0 Å². The van der Waals surface area contributed by atoms with E-state index in [0.29, 0.717) is 11.0 Å². The van der Waals surface area contributed by atoms with Crippen LogP contribution in [-0.4, -0.2) is 54.5 Å². The van der Waals surface area contributed by atoms with Gasteiger partial charge in [0.15, 0.2) is 6.61 Å². The van der Waals surface area contributed by atoms with Crippen molar-refractivity contribution < 1.29 is 18.0 Å². The highest BCUT2D eigenvalue weighted by Gasteiger charge is 2.21. The molecular formula is C18H23N5O4S2. The minimum Gasteiger partial charge on any atom is -0.385 e. The summed E-state index contributed by atoms with van der Waals surface area (Å²) >= 11 is 1.58. The van der Waals surface area contributed by atoms with Crippen LogP contribution >= 0.6 is 11.3 Å². The lowest BCUT2D eigenvalue weighted by atomic mass is 10.0. The van der Waals surface area contributed by atoms with Gasteiger partial charge in [0.25, 0.3) is 5.91 Å². The van der Waals surface area contributed by atoms with Crippen molar-refractivity contribution in [3.8, 4) is 0 Å². The van der Waals surface area contributed by atoms with Crippen LogP contribution in [0.5, 0.6) is 0 Å². The van der Waals surface area contributed by atoms with Gasteiger partial charge in [-0.2, -0.15) is 0 Å². The third-order valence-electron chi connectivity index (χ3n) is 4.32. The molecule has 1 aromatic carbocycles. The van der Waals surface area contributed by atoms with E-state index < -0.39 is 10.0 Å². The summed E-state index contributed by atoms with van der Waals surface area (Å²) in [5.41, 5.74) is 0.821. The fourth-order valence-corrected chi connectivity index (χ4v) is 4.59. The molecule has 0 aliphatic carbocycles. The van der Waals surface area contributed by atoms with Crippen molar-refractivity contribution in [2.75, 3.05) is 20.7 Å². The largest absolute Gasteiger partial charge is 0.385 e. The predicted molar refractivity (Wildman–Crippen MR) is 110 cm³/mol. The van der Waals surface area contributed by atoms with Gasteiger partial charge < -0.3 is 10.2 Å². The van der Waals surface area contributed by atoms with E-state index in [9.17, 15) is 13.2 Å². The average molecular weight is 438 g/mol. The van der Waals surface area contributed by atoms with Crippen LogP contribution in [0, 0.1) is 5.92 Å². The number of rotatable bonds is 8. The van der Waals surface area contributed by atoms with E-state index in [4.69, 9.17) is 4.84 Å². The maximum Gasteiger partial charge on any atom is 0.261 e. The van der Waals surface area contributed by atoms with Crippen LogP contribution in [-0.2, 0) is 14.8 Å². The maximum absolute atomic E-state index is 12.4. The Labute approximate surface area is 173 Å². The van der Waals surface area contributed by atoms with E-state index in [-0.39, 0.29) is 29.4 Å². The fourth-order valence-electron chi connectivity index (χ4n) is 2.71. The van der Waals surface area contributed by atoms with Gasteiger partial charge >= 0.3 is 0 Å². The summed E-state index contributed by atoms with van der Waals surface area (Å²) in [6.07, 6.45) is 0. The lowest BCUT2D eigenvalue weighted by Gasteiger charge is -2.21. The Hall–Kier alpha value is -2.50. The van der Waals surface area contributed by atoms with Gasteiger partial charge in [-0.25, -0.2) is 12.7 Å². The molecule has 11 heteroatoms. The molecule has 3 aromatic rings. The molecule has 1 atom stereocenters. The Balaban J connectivity index is 1.74. The molecule has 0 radical (unpaired) electrons. The summed E-state index contributed by atoms with van der Waals surface area (Å²) in [6.45, 7) is 3.78. The Morgan fingerprint density at radius 1 is 1.31 bits per heavy atom. The standard InChI is InChI=1S/C18H23N5O4S2/c1-12(2)18(16-6-5-9-28-16)19-17(24)11-27-23-15-10-13(29(25,26)22(3)4)7-8-14(15)20-21-23/h5-10,12,18H,11H2,1-4H3,(H,19,24). The van der Waals surface area contributed by atoms with Crippen molar-refractivity contribution in [3.05, 3.63) is 40.6 Å². The second kappa shape index (κ2) is 8.47. The van der Waals surface area contributed by atoms with Gasteiger partial charge in [0.05, 0.1) is 10.9 Å². The van der Waals surface area contributed by atoms with Crippen molar-refractivity contribution in [2.24, 2.45) is 5.92 Å². The van der Waals surface area contributed by atoms with Crippen molar-refractivity contribution >= 4 is 38.3 Å². The first-order valence-corrected chi connectivity index (χ1v) is 11.3. The van der Waals surface area contributed by atoms with Crippen LogP contribution in [0.25, 0.3) is 11.0 Å². The number of hydrogen-bond donors (Lipinski definition) is 1. The Kier molecular flexibility index (Phi) is 6.20. The lowest BCUT2D eigenvalue weighted by Crippen LogP contribution is -2.36. The number of fused-ring (bicyclic) bond motifs is 1. The van der Waals surface area contributed by atoms with Gasteiger partial charge in [-0.1, -0.05) is 24.8 Å². The molecule has 156 valence electrons. The molecule has 0 aliphatic rings. The molecule has 1 amide bonds. The van der Waals surface area contributed by atoms with Crippen molar-refractivity contribution in [1.82, 2.24) is 24.8 Å². The summed E-state index contributed by atoms with van der Waals surface area (Å²) in [5.74, 6) is -0.0959. The minimum atomic E-state index is -3.61. The molecule has 0 aliphatic heterocycles. The van der Waals surface area contributed by atoms with Crippen molar-refractivity contribution in [1.29, 1.82) is 0 Å². The molecule has 9 nitrogen and oxygen atoms in total. The summed E-state index contributed by atoms with van der Waals surface area (Å²) in [4.78, 5) is 20.1. The number of thiophene rings is 1. The number of sulfonamides is 1. The highest BCUT2D eigenvalue weighted by Crippen LogP contribution is 2.25. The first-order chi connectivity index (χ1) is 13.7. The molecule has 0 bridgehead atoms. The first-order valence-electron chi connectivity index (χ1n) is 8.94. The van der Waals surface area contributed by atoms with E-state index in [0.717, 1.165) is 14.0 Å². The number of nitrogens with one attached hydrogen (secondary N) is 1. The smallest absolute Gasteiger partial charge is 0.261 e. The molecular weight excluding hydrogens is 414 g/mol. The van der Waals surface area contributed by atoms with Crippen LogP contribution in [0.1, 0.15) is 24.8 Å².